The van der Waals surface area contributed by atoms with Crippen molar-refractivity contribution in [2.45, 2.75) is 58.4 Å². The number of esters is 2. The molecule has 0 fully saturated rings. The third-order valence-corrected chi connectivity index (χ3v) is 4.51. The van der Waals surface area contributed by atoms with Gasteiger partial charge < -0.3 is 9.47 Å². The molecular formula is C20H29NO6. The van der Waals surface area contributed by atoms with Crippen LogP contribution in [0.25, 0.3) is 0 Å². The Morgan fingerprint density at radius 1 is 1.07 bits per heavy atom. The van der Waals surface area contributed by atoms with Crippen LogP contribution in [0.1, 0.15) is 58.4 Å². The summed E-state index contributed by atoms with van der Waals surface area (Å²) in [5.41, 5.74) is -0.257. The van der Waals surface area contributed by atoms with E-state index in [4.69, 9.17) is 9.47 Å². The number of nitrogens with zero attached hydrogens (tertiary/aromatic N) is 1. The van der Waals surface area contributed by atoms with E-state index < -0.39 is 29.3 Å². The SMILES string of the molecule is CCOC(=O)C(C(=O)OCC)C(CCCC(C)(C)[N+](=O)[O-])c1ccccc1. The molecular weight excluding hydrogens is 350 g/mol. The number of hydrogen-bond acceptors (Lipinski definition) is 6. The van der Waals surface area contributed by atoms with E-state index in [1.54, 1.807) is 27.7 Å². The van der Waals surface area contributed by atoms with Crippen LogP contribution < -0.4 is 0 Å². The molecule has 0 heterocycles. The largest absolute Gasteiger partial charge is 0.465 e. The average Bonchev–Trinajstić information content (AvgIpc) is 2.61. The first-order chi connectivity index (χ1) is 12.7. The lowest BCUT2D eigenvalue weighted by Crippen LogP contribution is -2.34. The summed E-state index contributed by atoms with van der Waals surface area (Å²) >= 11 is 0. The number of benzene rings is 1. The molecule has 0 aliphatic carbocycles. The fraction of sp³-hybridized carbons (Fsp3) is 0.600. The fourth-order valence-electron chi connectivity index (χ4n) is 2.96. The van der Waals surface area contributed by atoms with Crippen molar-refractivity contribution < 1.29 is 24.0 Å². The number of carbonyl (C=O) groups excluding carboxylic acids is 2. The van der Waals surface area contributed by atoms with Crippen LogP contribution in [0.3, 0.4) is 0 Å². The molecule has 1 unspecified atom stereocenters. The Bertz CT molecular complexity index is 611. The average molecular weight is 379 g/mol. The summed E-state index contributed by atoms with van der Waals surface area (Å²) in [5.74, 6) is -2.81. The van der Waals surface area contributed by atoms with Gasteiger partial charge in [0.25, 0.3) is 0 Å². The molecule has 7 nitrogen and oxygen atoms in total. The minimum absolute atomic E-state index is 0.157. The molecule has 0 bridgehead atoms. The summed E-state index contributed by atoms with van der Waals surface area (Å²) in [6.45, 7) is 6.81. The molecule has 0 amide bonds. The molecule has 27 heavy (non-hydrogen) atoms. The number of carbonyl (C=O) groups is 2. The van der Waals surface area contributed by atoms with Gasteiger partial charge in [-0.2, -0.15) is 0 Å². The van der Waals surface area contributed by atoms with Gasteiger partial charge in [-0.1, -0.05) is 30.3 Å². The van der Waals surface area contributed by atoms with Gasteiger partial charge in [-0.25, -0.2) is 0 Å². The van der Waals surface area contributed by atoms with E-state index >= 15 is 0 Å². The zero-order valence-corrected chi connectivity index (χ0v) is 16.5. The van der Waals surface area contributed by atoms with E-state index in [0.717, 1.165) is 5.56 Å². The van der Waals surface area contributed by atoms with E-state index in [-0.39, 0.29) is 18.1 Å². The molecule has 150 valence electrons. The first-order valence-corrected chi connectivity index (χ1v) is 9.27. The molecule has 0 spiro atoms. The molecule has 0 aromatic heterocycles. The summed E-state index contributed by atoms with van der Waals surface area (Å²) in [6, 6.07) is 9.19. The quantitative estimate of drug-likeness (QED) is 0.251. The van der Waals surface area contributed by atoms with Crippen LogP contribution in [0.5, 0.6) is 0 Å². The van der Waals surface area contributed by atoms with Crippen LogP contribution in [0.4, 0.5) is 0 Å². The van der Waals surface area contributed by atoms with Gasteiger partial charge in [0.15, 0.2) is 5.92 Å². The smallest absolute Gasteiger partial charge is 0.320 e. The van der Waals surface area contributed by atoms with Gasteiger partial charge in [0.2, 0.25) is 5.54 Å². The molecule has 1 aromatic carbocycles. The molecule has 7 heteroatoms. The Morgan fingerprint density at radius 3 is 2.04 bits per heavy atom. The van der Waals surface area contributed by atoms with Crippen molar-refractivity contribution in [3.8, 4) is 0 Å². The molecule has 0 saturated heterocycles. The van der Waals surface area contributed by atoms with Gasteiger partial charge in [0.05, 0.1) is 13.2 Å². The highest BCUT2D eigenvalue weighted by Gasteiger charge is 2.39. The van der Waals surface area contributed by atoms with Crippen LogP contribution in [0.15, 0.2) is 30.3 Å². The third kappa shape index (κ3) is 6.66. The maximum atomic E-state index is 12.5. The molecule has 0 radical (unpaired) electrons. The van der Waals surface area contributed by atoms with E-state index in [1.807, 2.05) is 30.3 Å². The highest BCUT2D eigenvalue weighted by molar-refractivity contribution is 5.96. The van der Waals surface area contributed by atoms with E-state index in [0.29, 0.717) is 19.3 Å². The molecule has 0 aliphatic heterocycles. The van der Waals surface area contributed by atoms with Crippen LogP contribution in [-0.2, 0) is 19.1 Å². The second-order valence-electron chi connectivity index (χ2n) is 6.96. The zero-order valence-electron chi connectivity index (χ0n) is 16.5. The maximum Gasteiger partial charge on any atom is 0.320 e. The third-order valence-electron chi connectivity index (χ3n) is 4.51. The standard InChI is InChI=1S/C20H29NO6/c1-5-26-18(22)17(19(23)27-6-2)16(15-11-8-7-9-12-15)13-10-14-20(3,4)21(24)25/h7-9,11-12,16-17H,5-6,10,13-14H2,1-4H3. The van der Waals surface area contributed by atoms with Crippen molar-refractivity contribution >= 4 is 11.9 Å². The molecule has 1 rings (SSSR count). The minimum atomic E-state index is -1.09. The fourth-order valence-corrected chi connectivity index (χ4v) is 2.96. The van der Waals surface area contributed by atoms with Gasteiger partial charge in [-0.3, -0.25) is 19.7 Å². The van der Waals surface area contributed by atoms with Crippen molar-refractivity contribution in [3.05, 3.63) is 46.0 Å². The first-order valence-electron chi connectivity index (χ1n) is 9.27. The van der Waals surface area contributed by atoms with E-state index in [1.165, 1.54) is 0 Å². The Kier molecular flexibility index (Phi) is 8.91. The van der Waals surface area contributed by atoms with Crippen molar-refractivity contribution in [1.29, 1.82) is 0 Å². The van der Waals surface area contributed by atoms with Gasteiger partial charge in [-0.05, 0) is 32.3 Å². The lowest BCUT2D eigenvalue weighted by molar-refractivity contribution is -0.561. The second-order valence-corrected chi connectivity index (χ2v) is 6.96. The van der Waals surface area contributed by atoms with Crippen LogP contribution in [0, 0.1) is 16.0 Å². The highest BCUT2D eigenvalue weighted by atomic mass is 16.6. The van der Waals surface area contributed by atoms with Gasteiger partial charge >= 0.3 is 11.9 Å². The Balaban J connectivity index is 3.11. The first kappa shape index (κ1) is 22.6. The lowest BCUT2D eigenvalue weighted by atomic mass is 9.81. The maximum absolute atomic E-state index is 12.5. The molecule has 0 aliphatic rings. The van der Waals surface area contributed by atoms with Crippen LogP contribution >= 0.6 is 0 Å². The molecule has 1 aromatic rings. The van der Waals surface area contributed by atoms with Crippen molar-refractivity contribution in [2.24, 2.45) is 5.92 Å². The minimum Gasteiger partial charge on any atom is -0.465 e. The van der Waals surface area contributed by atoms with Gasteiger partial charge in [0.1, 0.15) is 0 Å². The monoisotopic (exact) mass is 379 g/mol. The van der Waals surface area contributed by atoms with Crippen molar-refractivity contribution in [2.75, 3.05) is 13.2 Å². The Hall–Kier alpha value is -2.44. The highest BCUT2D eigenvalue weighted by Crippen LogP contribution is 2.33. The summed E-state index contributed by atoms with van der Waals surface area (Å²) < 4.78 is 10.2. The van der Waals surface area contributed by atoms with Crippen molar-refractivity contribution in [1.82, 2.24) is 0 Å². The Labute approximate surface area is 160 Å². The van der Waals surface area contributed by atoms with E-state index in [9.17, 15) is 19.7 Å². The molecule has 1 atom stereocenters. The predicted octanol–water partition coefficient (Wildman–Crippen LogP) is 3.74. The van der Waals surface area contributed by atoms with E-state index in [2.05, 4.69) is 0 Å². The van der Waals surface area contributed by atoms with Gasteiger partial charge in [0, 0.05) is 31.1 Å². The van der Waals surface area contributed by atoms with Gasteiger partial charge in [-0.15, -0.1) is 0 Å². The molecule has 0 N–H and O–H groups in total. The number of rotatable bonds is 11. The summed E-state index contributed by atoms with van der Waals surface area (Å²) in [6.07, 6.45) is 1.26. The van der Waals surface area contributed by atoms with Crippen LogP contribution in [0.2, 0.25) is 0 Å². The lowest BCUT2D eigenvalue weighted by Gasteiger charge is -2.25. The zero-order chi connectivity index (χ0) is 20.4. The number of hydrogen-bond donors (Lipinski definition) is 0. The van der Waals surface area contributed by atoms with Crippen molar-refractivity contribution in [3.63, 3.8) is 0 Å². The topological polar surface area (TPSA) is 95.7 Å². The Morgan fingerprint density at radius 2 is 1.59 bits per heavy atom. The summed E-state index contributed by atoms with van der Waals surface area (Å²) in [4.78, 5) is 35.9. The second kappa shape index (κ2) is 10.6. The normalized spacial score (nSPS) is 12.5. The number of ether oxygens (including phenoxy) is 2. The summed E-state index contributed by atoms with van der Waals surface area (Å²) in [7, 11) is 0. The summed E-state index contributed by atoms with van der Waals surface area (Å²) in [5, 5.41) is 11.1. The predicted molar refractivity (Wildman–Crippen MR) is 101 cm³/mol. The van der Waals surface area contributed by atoms with Crippen LogP contribution in [-0.4, -0.2) is 35.6 Å². The molecule has 0 saturated carbocycles. The number of nitro groups is 1.